The second-order valence-electron chi connectivity index (χ2n) is 43.4. The molecule has 0 saturated heterocycles. The number of benzene rings is 10. The minimum absolute atomic E-state index is 0.0659. The first-order chi connectivity index (χ1) is 69.5. The van der Waals surface area contributed by atoms with Crippen molar-refractivity contribution in [2.45, 2.75) is 181 Å². The SMILES string of the molecule is CC(C)CCN1C(=CC2=C(O)C(=C3C=Nc4ccccc43)C2=O)C(C)(C)c2ccccc21.CC(C)CC[N+]1=C(C=C2C(=O)C(c3cn(C)c4ccccc34)=C2[O-])C2(CCCCC2)c2c1ccc1ccccc21.Cn1cc(C2=C([O-])C(=CC3=[N+](CC4CCCCC4)c4ccccc4C3(C)C)C2=O)c2ccccc21.Cn1cc(C2=C([O-])C(=CC3=[N+](CCCc4ccccc4)c4ccccc4C3(C)C)C2=O)c2ccccc21. The fraction of sp³-hybridized carbons (Fsp3) is 0.297. The van der Waals surface area contributed by atoms with Gasteiger partial charge in [-0.1, -0.05) is 279 Å². The molecular formula is C128H126N8O8. The number of allylic oxidation sites excluding steroid dienone is 14. The summed E-state index contributed by atoms with van der Waals surface area (Å²) in [4.78, 5) is 60.6. The Morgan fingerprint density at radius 1 is 0.431 bits per heavy atom. The third-order valence-electron chi connectivity index (χ3n) is 32.5. The van der Waals surface area contributed by atoms with Crippen LogP contribution in [0.5, 0.6) is 0 Å². The molecule has 3 aromatic heterocycles. The van der Waals surface area contributed by atoms with Gasteiger partial charge in [-0.15, -0.1) is 0 Å². The number of aliphatic hydroxyl groups excluding tert-OH is 1. The van der Waals surface area contributed by atoms with Gasteiger partial charge in [0.05, 0.1) is 33.1 Å². The summed E-state index contributed by atoms with van der Waals surface area (Å²) in [6.07, 6.45) is 31.2. The van der Waals surface area contributed by atoms with Crippen LogP contribution >= 0.6 is 0 Å². The molecule has 144 heavy (non-hydrogen) atoms. The highest BCUT2D eigenvalue weighted by Crippen LogP contribution is 2.56. The number of para-hydroxylation sites is 7. The van der Waals surface area contributed by atoms with E-state index in [1.165, 1.54) is 94.2 Å². The highest BCUT2D eigenvalue weighted by atomic mass is 16.3. The molecule has 726 valence electrons. The number of hydrogen-bond acceptors (Lipinski definition) is 10. The first-order valence-corrected chi connectivity index (χ1v) is 51.8. The summed E-state index contributed by atoms with van der Waals surface area (Å²) >= 11 is 0. The number of Topliss-reactive ketones (excluding diaryl/α,β-unsaturated/α-hetero) is 4. The predicted molar refractivity (Wildman–Crippen MR) is 577 cm³/mol. The number of anilines is 1. The molecule has 8 heterocycles. The van der Waals surface area contributed by atoms with E-state index >= 15 is 0 Å². The van der Waals surface area contributed by atoms with E-state index in [0.29, 0.717) is 62.3 Å². The van der Waals surface area contributed by atoms with Crippen LogP contribution in [0.4, 0.5) is 28.4 Å². The Morgan fingerprint density at radius 2 is 0.889 bits per heavy atom. The van der Waals surface area contributed by atoms with E-state index in [-0.39, 0.29) is 73.4 Å². The smallest absolute Gasteiger partial charge is 0.210 e. The third kappa shape index (κ3) is 16.2. The second kappa shape index (κ2) is 37.8. The fourth-order valence-electron chi connectivity index (χ4n) is 24.7. The van der Waals surface area contributed by atoms with Crippen LogP contribution in [0.25, 0.3) is 65.8 Å². The molecule has 13 aromatic rings. The van der Waals surface area contributed by atoms with Crippen molar-refractivity contribution in [3.63, 3.8) is 0 Å². The molecule has 0 bridgehead atoms. The number of aromatic nitrogens is 3. The first-order valence-electron chi connectivity index (χ1n) is 51.8. The number of rotatable bonds is 19. The Balaban J connectivity index is 0.000000114. The van der Waals surface area contributed by atoms with Crippen LogP contribution in [0.1, 0.15) is 203 Å². The molecule has 10 aromatic carbocycles. The second-order valence-corrected chi connectivity index (χ2v) is 43.4. The van der Waals surface area contributed by atoms with Gasteiger partial charge in [0.15, 0.2) is 41.0 Å². The van der Waals surface area contributed by atoms with Crippen molar-refractivity contribution in [2.75, 3.05) is 31.1 Å². The van der Waals surface area contributed by atoms with Crippen molar-refractivity contribution in [3.8, 4) is 0 Å². The van der Waals surface area contributed by atoms with Crippen LogP contribution < -0.4 is 20.2 Å². The van der Waals surface area contributed by atoms with E-state index in [1.807, 2.05) is 181 Å². The summed E-state index contributed by atoms with van der Waals surface area (Å²) in [5, 5.41) is 57.0. The molecule has 0 atom stereocenters. The highest BCUT2D eigenvalue weighted by Gasteiger charge is 2.55. The number of aliphatic imine (C=N–C) groups is 1. The number of nitrogens with zero attached hydrogens (tertiary/aromatic N) is 8. The lowest BCUT2D eigenvalue weighted by Gasteiger charge is -2.34. The average Bonchev–Trinajstić information content (AvgIpc) is 1.54. The zero-order valence-electron chi connectivity index (χ0n) is 85.0. The van der Waals surface area contributed by atoms with Crippen molar-refractivity contribution in [1.82, 2.24) is 13.7 Å². The lowest BCUT2D eigenvalue weighted by Crippen LogP contribution is -2.39. The molecule has 5 aliphatic heterocycles. The van der Waals surface area contributed by atoms with Crippen molar-refractivity contribution < 1.29 is 53.3 Å². The molecule has 0 unspecified atom stereocenters. The summed E-state index contributed by atoms with van der Waals surface area (Å²) in [7, 11) is 5.86. The minimum atomic E-state index is -0.313. The maximum atomic E-state index is 13.8. The van der Waals surface area contributed by atoms with E-state index in [9.17, 15) is 39.6 Å². The molecule has 16 heteroatoms. The van der Waals surface area contributed by atoms with Gasteiger partial charge in [-0.25, -0.2) is 0 Å². The third-order valence-corrected chi connectivity index (χ3v) is 32.5. The fourth-order valence-corrected chi connectivity index (χ4v) is 24.7. The summed E-state index contributed by atoms with van der Waals surface area (Å²) < 4.78 is 13.1. The van der Waals surface area contributed by atoms with Crippen LogP contribution in [0.15, 0.2) is 341 Å². The lowest BCUT2D eigenvalue weighted by atomic mass is 9.65. The Kier molecular flexibility index (Phi) is 25.0. The summed E-state index contributed by atoms with van der Waals surface area (Å²) in [6.45, 7) is 25.6. The van der Waals surface area contributed by atoms with Gasteiger partial charge in [0.1, 0.15) is 18.8 Å². The van der Waals surface area contributed by atoms with E-state index < -0.39 is 0 Å². The summed E-state index contributed by atoms with van der Waals surface area (Å²) in [5.41, 5.74) is 24.9. The van der Waals surface area contributed by atoms with Gasteiger partial charge in [-0.05, 0) is 142 Å². The quantitative estimate of drug-likeness (QED) is 0.0605. The molecule has 1 spiro atoms. The van der Waals surface area contributed by atoms with E-state index in [2.05, 4.69) is 226 Å². The van der Waals surface area contributed by atoms with Gasteiger partial charge < -0.3 is 39.0 Å². The topological polar surface area (TPSA) is 197 Å². The van der Waals surface area contributed by atoms with Gasteiger partial charge in [0, 0.05) is 235 Å². The maximum Gasteiger partial charge on any atom is 0.210 e. The monoisotopic (exact) mass is 1900 g/mol. The molecule has 1 N–H and O–H groups in total. The standard InChI is InChI=1S/C36H36N2O2.C33H30N2O2.C31H32N2O2.C28H28N2O2/c1-23(2)17-20-38-30-16-15-24-11-5-6-12-25(24)33(30)36(18-9-4-10-19-36)31(38)21-27-34(39)32(35(27)40)28-22-37(3)29-14-8-7-13-26(28)29;1-33(2)26-16-8-10-18-28(26)35(19-11-14-22-12-5-4-6-13-22)29(33)20-24-31(36)30(32(24)37)25-21-34(3)27-17-9-7-15-23(25)27;1-31(2)24-14-8-10-16-26(24)33(18-20-11-5-4-6-12-20)27(31)17-22-29(34)28(30(22)35)23-19-32(3)25-15-9-7-13-21(23)25;1-17(2)13-14-30-23-12-8-6-10-21(23)28(3,4)24(30)15-19-26(31)25(27(19)32)20-16-29-22-11-7-5-9-18(20)22/h5-8,11-16,21-23H,4,9-10,17-20H2,1-3H3;4-10,12-13,15-18,20-21H,11,14,19H2,1-3H3;7-10,13-17,19-20H,4-6,11-12,18H2,1-3H3;5-12,15-17,31H,13-14H2,1-4H3. The number of ketones is 4. The van der Waals surface area contributed by atoms with Crippen molar-refractivity contribution in [3.05, 3.63) is 386 Å². The van der Waals surface area contributed by atoms with E-state index in [0.717, 1.165) is 167 Å². The summed E-state index contributed by atoms with van der Waals surface area (Å²) in [6, 6.07) is 80.6. The van der Waals surface area contributed by atoms with E-state index in [1.54, 1.807) is 6.21 Å². The number of carbonyl (C=O) groups is 4. The van der Waals surface area contributed by atoms with Crippen molar-refractivity contribution in [1.29, 1.82) is 0 Å². The molecule has 0 amide bonds. The van der Waals surface area contributed by atoms with E-state index in [4.69, 9.17) is 0 Å². The molecule has 24 rings (SSSR count). The molecule has 11 aliphatic rings. The Bertz CT molecular complexity index is 8020. The number of fused-ring (bicyclic) bond motifs is 11. The van der Waals surface area contributed by atoms with Crippen LogP contribution in [-0.4, -0.2) is 105 Å². The maximum absolute atomic E-state index is 13.8. The minimum Gasteiger partial charge on any atom is -0.871 e. The Morgan fingerprint density at radius 3 is 1.43 bits per heavy atom. The predicted octanol–water partition coefficient (Wildman–Crippen LogP) is 24.1. The Labute approximate surface area is 844 Å². The van der Waals surface area contributed by atoms with Gasteiger partial charge in [0.25, 0.3) is 0 Å². The Hall–Kier alpha value is -14.9. The van der Waals surface area contributed by atoms with Crippen LogP contribution in [0.2, 0.25) is 0 Å². The van der Waals surface area contributed by atoms with Crippen molar-refractivity contribution >= 4 is 141 Å². The van der Waals surface area contributed by atoms with Crippen LogP contribution in [-0.2, 0) is 68.4 Å². The van der Waals surface area contributed by atoms with Crippen molar-refractivity contribution in [2.24, 2.45) is 43.9 Å². The number of hydrogen-bond donors (Lipinski definition) is 1. The molecule has 6 aliphatic carbocycles. The number of aryl methyl sites for hydroxylation is 4. The molecular weight excluding hydrogens is 1780 g/mol. The molecule has 0 radical (unpaired) electrons. The first kappa shape index (κ1) is 95.3. The zero-order valence-corrected chi connectivity index (χ0v) is 85.0. The zero-order chi connectivity index (χ0) is 100. The summed E-state index contributed by atoms with van der Waals surface area (Å²) in [5.74, 6) is 0.877. The van der Waals surface area contributed by atoms with Crippen LogP contribution in [0, 0.1) is 17.8 Å². The molecule has 2 saturated carbocycles. The number of carbonyl (C=O) groups excluding carboxylic acids is 4. The molecule has 2 fully saturated rings. The van der Waals surface area contributed by atoms with Gasteiger partial charge in [-0.3, -0.25) is 24.2 Å². The largest absolute Gasteiger partial charge is 0.871 e. The van der Waals surface area contributed by atoms with Gasteiger partial charge >= 0.3 is 0 Å². The van der Waals surface area contributed by atoms with Gasteiger partial charge in [-0.2, -0.15) is 13.7 Å². The lowest BCUT2D eigenvalue weighted by molar-refractivity contribution is -0.447. The highest BCUT2D eigenvalue weighted by molar-refractivity contribution is 6.43. The molecule has 16 nitrogen and oxygen atoms in total. The normalized spacial score (nSPS) is 20.0. The van der Waals surface area contributed by atoms with Gasteiger partial charge in [0.2, 0.25) is 22.8 Å². The average molecular weight is 1900 g/mol. The van der Waals surface area contributed by atoms with Crippen LogP contribution in [0.3, 0.4) is 0 Å². The number of aliphatic hydroxyl groups is 1.